The average Bonchev–Trinajstić information content (AvgIpc) is 3.18. The number of carbonyl (C=O) groups excluding carboxylic acids is 1. The predicted octanol–water partition coefficient (Wildman–Crippen LogP) is 3.39. The molecule has 2 N–H and O–H groups in total. The number of amides is 1. The van der Waals surface area contributed by atoms with Gasteiger partial charge in [0.1, 0.15) is 17.1 Å². The number of aromatic amines is 1. The Morgan fingerprint density at radius 1 is 1.24 bits per heavy atom. The minimum atomic E-state index is -0.322. The van der Waals surface area contributed by atoms with E-state index >= 15 is 0 Å². The fourth-order valence-electron chi connectivity index (χ4n) is 3.78. The molecule has 0 saturated heterocycles. The number of nitrogens with zero attached hydrogens (tertiary/aromatic N) is 3. The normalized spacial score (nSPS) is 14.7. The summed E-state index contributed by atoms with van der Waals surface area (Å²) in [5.41, 5.74) is 3.83. The van der Waals surface area contributed by atoms with E-state index in [0.29, 0.717) is 5.69 Å². The lowest BCUT2D eigenvalue weighted by Gasteiger charge is -2.19. The molecule has 146 valence electrons. The third-order valence-corrected chi connectivity index (χ3v) is 5.63. The Kier molecular flexibility index (Phi) is 3.91. The molecular formula is C22H21N5O2. The molecule has 0 atom stereocenters. The van der Waals surface area contributed by atoms with Crippen molar-refractivity contribution in [1.82, 2.24) is 25.1 Å². The molecule has 1 amide bonds. The summed E-state index contributed by atoms with van der Waals surface area (Å²) in [5.74, 6) is 0.694. The van der Waals surface area contributed by atoms with Gasteiger partial charge in [0.2, 0.25) is 0 Å². The number of H-pyrrole nitrogens is 1. The highest BCUT2D eigenvalue weighted by Gasteiger charge is 2.46. The number of hydrogen-bond donors (Lipinski definition) is 2. The van der Waals surface area contributed by atoms with E-state index in [1.54, 1.807) is 19.5 Å². The summed E-state index contributed by atoms with van der Waals surface area (Å²) < 4.78 is 7.18. The van der Waals surface area contributed by atoms with Crippen LogP contribution in [-0.4, -0.2) is 32.8 Å². The number of nitrogens with one attached hydrogen (secondary N) is 2. The van der Waals surface area contributed by atoms with Crippen LogP contribution in [-0.2, 0) is 12.6 Å². The van der Waals surface area contributed by atoms with Gasteiger partial charge in [-0.2, -0.15) is 5.10 Å². The fourth-order valence-corrected chi connectivity index (χ4v) is 3.78. The Hall–Kier alpha value is -3.61. The molecule has 0 radical (unpaired) electrons. The summed E-state index contributed by atoms with van der Waals surface area (Å²) in [7, 11) is 3.52. The molecule has 1 aliphatic rings. The van der Waals surface area contributed by atoms with Crippen molar-refractivity contribution >= 4 is 16.9 Å². The molecule has 0 unspecified atom stereocenters. The predicted molar refractivity (Wildman–Crippen MR) is 110 cm³/mol. The van der Waals surface area contributed by atoms with Crippen LogP contribution in [0.1, 0.15) is 28.9 Å². The molecule has 1 saturated carbocycles. The molecule has 1 aliphatic carbocycles. The molecule has 3 aromatic heterocycles. The molecular weight excluding hydrogens is 366 g/mol. The summed E-state index contributed by atoms with van der Waals surface area (Å²) in [6.45, 7) is 0. The molecule has 0 spiro atoms. The third kappa shape index (κ3) is 2.95. The Morgan fingerprint density at radius 2 is 2.10 bits per heavy atom. The monoisotopic (exact) mass is 387 g/mol. The number of aryl methyl sites for hydroxylation is 1. The Bertz CT molecular complexity index is 1210. The molecule has 29 heavy (non-hydrogen) atoms. The number of rotatable bonds is 5. The van der Waals surface area contributed by atoms with Crippen LogP contribution in [0.2, 0.25) is 0 Å². The number of ether oxygens (including phenoxy) is 1. The van der Waals surface area contributed by atoms with Crippen LogP contribution in [0.5, 0.6) is 5.75 Å². The molecule has 7 heteroatoms. The van der Waals surface area contributed by atoms with Gasteiger partial charge in [0.05, 0.1) is 24.5 Å². The van der Waals surface area contributed by atoms with Crippen LogP contribution in [0.25, 0.3) is 22.3 Å². The molecule has 7 nitrogen and oxygen atoms in total. The van der Waals surface area contributed by atoms with E-state index in [4.69, 9.17) is 9.72 Å². The zero-order chi connectivity index (χ0) is 20.0. The van der Waals surface area contributed by atoms with Gasteiger partial charge < -0.3 is 14.6 Å². The van der Waals surface area contributed by atoms with Gasteiger partial charge in [-0.15, -0.1) is 0 Å². The van der Waals surface area contributed by atoms with Gasteiger partial charge in [-0.1, -0.05) is 12.1 Å². The van der Waals surface area contributed by atoms with Crippen molar-refractivity contribution in [3.63, 3.8) is 0 Å². The molecule has 3 heterocycles. The summed E-state index contributed by atoms with van der Waals surface area (Å²) in [5, 5.41) is 10.9. The second kappa shape index (κ2) is 6.48. The Labute approximate surface area is 167 Å². The second-order valence-electron chi connectivity index (χ2n) is 7.45. The van der Waals surface area contributed by atoms with E-state index < -0.39 is 0 Å². The maximum Gasteiger partial charge on any atom is 0.268 e. The maximum absolute atomic E-state index is 13.1. The van der Waals surface area contributed by atoms with Gasteiger partial charge in [-0.25, -0.2) is 4.98 Å². The maximum atomic E-state index is 13.1. The number of carbonyl (C=O) groups is 1. The van der Waals surface area contributed by atoms with Gasteiger partial charge in [0, 0.05) is 24.2 Å². The number of pyridine rings is 1. The third-order valence-electron chi connectivity index (χ3n) is 5.63. The van der Waals surface area contributed by atoms with E-state index in [-0.39, 0.29) is 11.4 Å². The first-order valence-corrected chi connectivity index (χ1v) is 9.52. The minimum Gasteiger partial charge on any atom is -0.497 e. The molecule has 1 fully saturated rings. The van der Waals surface area contributed by atoms with E-state index in [2.05, 4.69) is 15.5 Å². The average molecular weight is 387 g/mol. The Morgan fingerprint density at radius 3 is 2.83 bits per heavy atom. The Balaban J connectivity index is 1.46. The van der Waals surface area contributed by atoms with Gasteiger partial charge >= 0.3 is 0 Å². The van der Waals surface area contributed by atoms with Gasteiger partial charge in [-0.05, 0) is 48.7 Å². The van der Waals surface area contributed by atoms with Gasteiger partial charge in [-0.3, -0.25) is 9.89 Å². The van der Waals surface area contributed by atoms with Crippen molar-refractivity contribution in [2.24, 2.45) is 7.05 Å². The summed E-state index contributed by atoms with van der Waals surface area (Å²) >= 11 is 0. The lowest BCUT2D eigenvalue weighted by atomic mass is 10.0. The molecule has 1 aromatic carbocycles. The van der Waals surface area contributed by atoms with Gasteiger partial charge in [0.25, 0.3) is 5.91 Å². The molecule has 0 bridgehead atoms. The molecule has 0 aliphatic heterocycles. The highest BCUT2D eigenvalue weighted by Crippen LogP contribution is 2.46. The lowest BCUT2D eigenvalue weighted by Crippen LogP contribution is -2.35. The first kappa shape index (κ1) is 17.5. The minimum absolute atomic E-state index is 0.101. The van der Waals surface area contributed by atoms with Crippen molar-refractivity contribution in [3.05, 3.63) is 66.1 Å². The van der Waals surface area contributed by atoms with E-state index in [1.165, 1.54) is 0 Å². The summed E-state index contributed by atoms with van der Waals surface area (Å²) in [6.07, 6.45) is 5.36. The largest absolute Gasteiger partial charge is 0.497 e. The number of methoxy groups -OCH3 is 1. The van der Waals surface area contributed by atoms with Crippen LogP contribution in [0.3, 0.4) is 0 Å². The molecule has 4 aromatic rings. The molecule has 5 rings (SSSR count). The lowest BCUT2D eigenvalue weighted by molar-refractivity contribution is 0.0923. The van der Waals surface area contributed by atoms with Crippen LogP contribution < -0.4 is 10.1 Å². The second-order valence-corrected chi connectivity index (χ2v) is 7.45. The van der Waals surface area contributed by atoms with Crippen molar-refractivity contribution < 1.29 is 9.53 Å². The zero-order valence-corrected chi connectivity index (χ0v) is 16.3. The summed E-state index contributed by atoms with van der Waals surface area (Å²) in [4.78, 5) is 17.8. The van der Waals surface area contributed by atoms with Crippen LogP contribution in [0, 0.1) is 0 Å². The van der Waals surface area contributed by atoms with Crippen LogP contribution in [0.15, 0.2) is 54.9 Å². The van der Waals surface area contributed by atoms with Crippen molar-refractivity contribution in [3.8, 4) is 17.0 Å². The first-order chi connectivity index (χ1) is 14.1. The first-order valence-electron chi connectivity index (χ1n) is 9.52. The highest BCUT2D eigenvalue weighted by molar-refractivity contribution is 5.98. The van der Waals surface area contributed by atoms with E-state index in [9.17, 15) is 4.79 Å². The topological polar surface area (TPSA) is 84.8 Å². The van der Waals surface area contributed by atoms with Crippen molar-refractivity contribution in [2.45, 2.75) is 18.4 Å². The number of aromatic nitrogens is 4. The van der Waals surface area contributed by atoms with Crippen LogP contribution in [0.4, 0.5) is 0 Å². The summed E-state index contributed by atoms with van der Waals surface area (Å²) in [6, 6.07) is 13.7. The number of benzene rings is 1. The quantitative estimate of drug-likeness (QED) is 0.550. The number of hydrogen-bond acceptors (Lipinski definition) is 4. The van der Waals surface area contributed by atoms with Gasteiger partial charge in [0.15, 0.2) is 0 Å². The van der Waals surface area contributed by atoms with Crippen molar-refractivity contribution in [2.75, 3.05) is 7.11 Å². The van der Waals surface area contributed by atoms with Crippen LogP contribution >= 0.6 is 0 Å². The zero-order valence-electron chi connectivity index (χ0n) is 16.3. The van der Waals surface area contributed by atoms with E-state index in [1.807, 2.05) is 54.1 Å². The smallest absolute Gasteiger partial charge is 0.268 e. The number of fused-ring (bicyclic) bond motifs is 1. The van der Waals surface area contributed by atoms with Crippen molar-refractivity contribution in [1.29, 1.82) is 0 Å². The fraction of sp³-hybridized carbons (Fsp3) is 0.227. The highest BCUT2D eigenvalue weighted by atomic mass is 16.5. The SMILES string of the molecule is COc1cccc(C2(NC(=O)c3cc4ccc(-c5cn[nH]c5)nc4n3C)CC2)c1. The standard InChI is InChI=1S/C22H21N5O2/c1-27-19(10-14-6-7-18(25-20(14)27)15-12-23-24-13-15)21(28)26-22(8-9-22)16-4-3-5-17(11-16)29-2/h3-7,10-13H,8-9H2,1-2H3,(H,23,24)(H,26,28). The van der Waals surface area contributed by atoms with E-state index in [0.717, 1.165) is 46.4 Å².